The Morgan fingerprint density at radius 2 is 1.82 bits per heavy atom. The van der Waals surface area contributed by atoms with Crippen LogP contribution in [0.15, 0.2) is 16.6 Å². The smallest absolute Gasteiger partial charge is 0.137 e. The molecule has 0 saturated carbocycles. The van der Waals surface area contributed by atoms with Crippen LogP contribution in [0.4, 0.5) is 13.2 Å². The molecule has 0 aliphatic rings. The van der Waals surface area contributed by atoms with Crippen LogP contribution in [0.3, 0.4) is 0 Å². The van der Waals surface area contributed by atoms with Crippen LogP contribution in [0.25, 0.3) is 0 Å². The number of benzene rings is 1. The molecule has 0 saturated heterocycles. The zero-order valence-corrected chi connectivity index (χ0v) is 6.96. The Bertz CT molecular complexity index is 273. The first-order valence-corrected chi connectivity index (χ1v) is 3.64. The molecule has 0 amide bonds. The second-order valence-electron chi connectivity index (χ2n) is 1.99. The summed E-state index contributed by atoms with van der Waals surface area (Å²) in [6.07, 6.45) is 0. The monoisotopic (exact) mass is 224 g/mol. The summed E-state index contributed by atoms with van der Waals surface area (Å²) in [6, 6.07) is 1.74. The lowest BCUT2D eigenvalue weighted by molar-refractivity contribution is 0.459. The fraction of sp³-hybridized carbons (Fsp3) is 0.143. The zero-order chi connectivity index (χ0) is 8.43. The van der Waals surface area contributed by atoms with Gasteiger partial charge >= 0.3 is 0 Å². The summed E-state index contributed by atoms with van der Waals surface area (Å²) in [4.78, 5) is 0. The summed E-state index contributed by atoms with van der Waals surface area (Å²) in [6.45, 7) is -0.990. The minimum Gasteiger partial charge on any atom is -0.246 e. The molecule has 0 aliphatic carbocycles. The zero-order valence-electron chi connectivity index (χ0n) is 5.37. The third-order valence-corrected chi connectivity index (χ3v) is 1.84. The standard InChI is InChI=1S/C7H4BrF3/c8-5-2-6(10)4(3-9)1-7(5)11/h1-2H,3H2. The second kappa shape index (κ2) is 3.26. The summed E-state index contributed by atoms with van der Waals surface area (Å²) < 4.78 is 37.0. The van der Waals surface area contributed by atoms with Crippen molar-refractivity contribution in [2.45, 2.75) is 6.67 Å². The highest BCUT2D eigenvalue weighted by Gasteiger charge is 2.06. The minimum atomic E-state index is -0.990. The quantitative estimate of drug-likeness (QED) is 0.643. The molecule has 0 aliphatic heterocycles. The van der Waals surface area contributed by atoms with E-state index in [1.165, 1.54) is 0 Å². The first kappa shape index (κ1) is 8.59. The Labute approximate surface area is 70.2 Å². The van der Waals surface area contributed by atoms with E-state index in [2.05, 4.69) is 15.9 Å². The number of halogens is 4. The summed E-state index contributed by atoms with van der Waals surface area (Å²) in [5.41, 5.74) is -0.259. The first-order valence-electron chi connectivity index (χ1n) is 2.84. The predicted molar refractivity (Wildman–Crippen MR) is 38.9 cm³/mol. The highest BCUT2D eigenvalue weighted by atomic mass is 79.9. The third kappa shape index (κ3) is 1.74. The van der Waals surface area contributed by atoms with Gasteiger partial charge in [-0.15, -0.1) is 0 Å². The highest BCUT2D eigenvalue weighted by molar-refractivity contribution is 9.10. The average Bonchev–Trinajstić information content (AvgIpc) is 1.97. The van der Waals surface area contributed by atoms with Crippen LogP contribution in [0.2, 0.25) is 0 Å². The van der Waals surface area contributed by atoms with Crippen molar-refractivity contribution in [3.63, 3.8) is 0 Å². The maximum Gasteiger partial charge on any atom is 0.137 e. The topological polar surface area (TPSA) is 0 Å². The van der Waals surface area contributed by atoms with Crippen molar-refractivity contribution in [3.8, 4) is 0 Å². The lowest BCUT2D eigenvalue weighted by Gasteiger charge is -1.98. The van der Waals surface area contributed by atoms with Gasteiger partial charge < -0.3 is 0 Å². The van der Waals surface area contributed by atoms with Gasteiger partial charge in [-0.25, -0.2) is 13.2 Å². The van der Waals surface area contributed by atoms with Gasteiger partial charge in [0, 0.05) is 5.56 Å². The van der Waals surface area contributed by atoms with E-state index in [-0.39, 0.29) is 10.0 Å². The molecule has 1 aromatic rings. The fourth-order valence-corrected chi connectivity index (χ4v) is 0.982. The Morgan fingerprint density at radius 3 is 2.36 bits per heavy atom. The minimum absolute atomic E-state index is 0.00667. The van der Waals surface area contributed by atoms with Crippen LogP contribution < -0.4 is 0 Å². The van der Waals surface area contributed by atoms with Crippen LogP contribution in [0.1, 0.15) is 5.56 Å². The molecular weight excluding hydrogens is 221 g/mol. The van der Waals surface area contributed by atoms with Gasteiger partial charge in [0.25, 0.3) is 0 Å². The van der Waals surface area contributed by atoms with Crippen LogP contribution in [-0.4, -0.2) is 0 Å². The molecule has 0 N–H and O–H groups in total. The van der Waals surface area contributed by atoms with E-state index in [1.807, 2.05) is 0 Å². The largest absolute Gasteiger partial charge is 0.246 e. The summed E-state index contributed by atoms with van der Waals surface area (Å²) in [7, 11) is 0. The van der Waals surface area contributed by atoms with Crippen LogP contribution >= 0.6 is 15.9 Å². The van der Waals surface area contributed by atoms with Crippen LogP contribution in [0.5, 0.6) is 0 Å². The van der Waals surface area contributed by atoms with Crippen molar-refractivity contribution in [1.82, 2.24) is 0 Å². The van der Waals surface area contributed by atoms with E-state index in [0.29, 0.717) is 0 Å². The lowest BCUT2D eigenvalue weighted by atomic mass is 10.2. The van der Waals surface area contributed by atoms with Crippen molar-refractivity contribution in [3.05, 3.63) is 33.8 Å². The molecule has 0 radical (unpaired) electrons. The van der Waals surface area contributed by atoms with Crippen molar-refractivity contribution in [1.29, 1.82) is 0 Å². The molecule has 0 heterocycles. The van der Waals surface area contributed by atoms with Gasteiger partial charge in [-0.1, -0.05) is 0 Å². The van der Waals surface area contributed by atoms with Gasteiger partial charge in [0.05, 0.1) is 4.47 Å². The Kier molecular flexibility index (Phi) is 2.54. The summed E-state index contributed by atoms with van der Waals surface area (Å²) >= 11 is 2.77. The Balaban J connectivity index is 3.21. The van der Waals surface area contributed by atoms with Crippen molar-refractivity contribution >= 4 is 15.9 Å². The molecule has 0 aromatic heterocycles. The first-order chi connectivity index (χ1) is 5.15. The van der Waals surface area contributed by atoms with Crippen LogP contribution in [-0.2, 0) is 6.67 Å². The number of rotatable bonds is 1. The van der Waals surface area contributed by atoms with Crippen molar-refractivity contribution in [2.75, 3.05) is 0 Å². The van der Waals surface area contributed by atoms with Gasteiger partial charge in [0.15, 0.2) is 0 Å². The van der Waals surface area contributed by atoms with Crippen molar-refractivity contribution < 1.29 is 13.2 Å². The van der Waals surface area contributed by atoms with Gasteiger partial charge in [0.2, 0.25) is 0 Å². The molecule has 60 valence electrons. The van der Waals surface area contributed by atoms with E-state index < -0.39 is 18.3 Å². The molecule has 0 nitrogen and oxygen atoms in total. The highest BCUT2D eigenvalue weighted by Crippen LogP contribution is 2.20. The number of hydrogen-bond donors (Lipinski definition) is 0. The van der Waals surface area contributed by atoms with E-state index in [0.717, 1.165) is 12.1 Å². The molecule has 0 spiro atoms. The van der Waals surface area contributed by atoms with E-state index >= 15 is 0 Å². The predicted octanol–water partition coefficient (Wildman–Crippen LogP) is 3.20. The maximum atomic E-state index is 12.6. The molecule has 0 atom stereocenters. The Morgan fingerprint density at radius 1 is 1.18 bits per heavy atom. The van der Waals surface area contributed by atoms with E-state index in [1.54, 1.807) is 0 Å². The molecule has 4 heteroatoms. The number of alkyl halides is 1. The van der Waals surface area contributed by atoms with Gasteiger partial charge in [0.1, 0.15) is 18.3 Å². The molecular formula is C7H4BrF3. The fourth-order valence-electron chi connectivity index (χ4n) is 0.666. The van der Waals surface area contributed by atoms with E-state index in [9.17, 15) is 13.2 Å². The van der Waals surface area contributed by atoms with Gasteiger partial charge in [-0.2, -0.15) is 0 Å². The number of hydrogen-bond acceptors (Lipinski definition) is 0. The summed E-state index contributed by atoms with van der Waals surface area (Å²) in [5, 5.41) is 0. The molecule has 0 unspecified atom stereocenters. The van der Waals surface area contributed by atoms with Gasteiger partial charge in [-0.05, 0) is 28.1 Å². The second-order valence-corrected chi connectivity index (χ2v) is 2.85. The Hall–Kier alpha value is -0.510. The summed E-state index contributed by atoms with van der Waals surface area (Å²) in [5.74, 6) is -1.39. The third-order valence-electron chi connectivity index (χ3n) is 1.23. The molecule has 0 fully saturated rings. The van der Waals surface area contributed by atoms with Gasteiger partial charge in [-0.3, -0.25) is 0 Å². The average molecular weight is 225 g/mol. The van der Waals surface area contributed by atoms with E-state index in [4.69, 9.17) is 0 Å². The molecule has 1 rings (SSSR count). The molecule has 1 aromatic carbocycles. The lowest BCUT2D eigenvalue weighted by Crippen LogP contribution is -1.89. The van der Waals surface area contributed by atoms with Crippen molar-refractivity contribution in [2.24, 2.45) is 0 Å². The molecule has 0 bridgehead atoms. The normalized spacial score (nSPS) is 10.2. The van der Waals surface area contributed by atoms with Crippen LogP contribution in [0, 0.1) is 11.6 Å². The molecule has 11 heavy (non-hydrogen) atoms. The SMILES string of the molecule is FCc1cc(F)c(Br)cc1F. The maximum absolute atomic E-state index is 12.6.